The van der Waals surface area contributed by atoms with E-state index in [2.05, 4.69) is 0 Å². The maximum Gasteiger partial charge on any atom is 0.506 e. The Kier molecular flexibility index (Phi) is 4.09. The molecule has 1 N–H and O–H groups in total. The first-order valence-corrected chi connectivity index (χ1v) is 7.88. The molecule has 4 nitrogen and oxygen atoms in total. The van der Waals surface area contributed by atoms with Crippen molar-refractivity contribution >= 4 is 35.3 Å². The summed E-state index contributed by atoms with van der Waals surface area (Å²) in [6.45, 7) is 0. The first-order valence-electron chi connectivity index (χ1n) is 6.52. The fraction of sp³-hybridized carbons (Fsp3) is 0.125. The van der Waals surface area contributed by atoms with Crippen molar-refractivity contribution in [3.05, 3.63) is 64.2 Å². The number of hydrogen-bond donors (Lipinski definition) is 1. The van der Waals surface area contributed by atoms with Gasteiger partial charge in [-0.1, -0.05) is 41.9 Å². The Bertz CT molecular complexity index is 745. The lowest BCUT2D eigenvalue weighted by atomic mass is 9.99. The molecule has 2 aromatic carbocycles. The fourth-order valence-electron chi connectivity index (χ4n) is 2.40. The summed E-state index contributed by atoms with van der Waals surface area (Å²) in [5, 5.41) is 9.18. The average Bonchev–Trinajstić information content (AvgIpc) is 2.89. The highest BCUT2D eigenvalue weighted by Gasteiger charge is 2.31. The van der Waals surface area contributed by atoms with E-state index in [1.165, 1.54) is 11.8 Å². The molecule has 0 saturated heterocycles. The van der Waals surface area contributed by atoms with E-state index < -0.39 is 12.3 Å². The molecule has 1 aliphatic heterocycles. The van der Waals surface area contributed by atoms with Crippen LogP contribution in [-0.4, -0.2) is 22.8 Å². The third kappa shape index (κ3) is 2.82. The number of carbonyl (C=O) groups excluding carboxylic acids is 1. The van der Waals surface area contributed by atoms with E-state index in [4.69, 9.17) is 21.4 Å². The van der Waals surface area contributed by atoms with Crippen LogP contribution in [0, 0.1) is 0 Å². The second kappa shape index (κ2) is 6.02. The smallest absolute Gasteiger partial charge is 0.450 e. The molecule has 1 unspecified atom stereocenters. The van der Waals surface area contributed by atoms with Crippen molar-refractivity contribution in [2.45, 2.75) is 11.0 Å². The van der Waals surface area contributed by atoms with E-state index in [0.717, 1.165) is 4.90 Å². The zero-order valence-electron chi connectivity index (χ0n) is 11.3. The van der Waals surface area contributed by atoms with Gasteiger partial charge in [-0.2, -0.15) is 0 Å². The second-order valence-electron chi connectivity index (χ2n) is 4.75. The molecule has 0 amide bonds. The van der Waals surface area contributed by atoms with Gasteiger partial charge in [0.15, 0.2) is 5.78 Å². The average molecular weight is 335 g/mol. The predicted octanol–water partition coefficient (Wildman–Crippen LogP) is 4.41. The molecule has 1 aliphatic rings. The number of hydrogen-bond acceptors (Lipinski definition) is 4. The van der Waals surface area contributed by atoms with Crippen molar-refractivity contribution in [1.82, 2.24) is 0 Å². The van der Waals surface area contributed by atoms with E-state index >= 15 is 0 Å². The maximum atomic E-state index is 12.7. The van der Waals surface area contributed by atoms with E-state index in [0.29, 0.717) is 27.5 Å². The molecule has 0 radical (unpaired) electrons. The lowest BCUT2D eigenvalue weighted by Gasteiger charge is -2.12. The number of halogens is 1. The number of carbonyl (C=O) groups is 2. The SMILES string of the molecule is O=C(O)OC1CSc2c(C(=O)c3ccccc3)cc(Cl)cc21. The molecule has 3 rings (SSSR count). The molecule has 0 saturated carbocycles. The van der Waals surface area contributed by atoms with Crippen LogP contribution in [0.1, 0.15) is 27.6 Å². The van der Waals surface area contributed by atoms with Crippen LogP contribution in [0.5, 0.6) is 0 Å². The van der Waals surface area contributed by atoms with E-state index in [9.17, 15) is 9.59 Å². The minimum absolute atomic E-state index is 0.136. The van der Waals surface area contributed by atoms with Gasteiger partial charge in [-0.05, 0) is 12.1 Å². The highest BCUT2D eigenvalue weighted by Crippen LogP contribution is 2.44. The minimum atomic E-state index is -1.34. The summed E-state index contributed by atoms with van der Waals surface area (Å²) in [7, 11) is 0. The molecule has 0 aliphatic carbocycles. The number of rotatable bonds is 3. The molecular weight excluding hydrogens is 324 g/mol. The number of ketones is 1. The maximum absolute atomic E-state index is 12.7. The quantitative estimate of drug-likeness (QED) is 0.665. The molecule has 0 spiro atoms. The first-order chi connectivity index (χ1) is 10.6. The summed E-state index contributed by atoms with van der Waals surface area (Å²) in [6.07, 6.45) is -1.94. The van der Waals surface area contributed by atoms with Crippen molar-refractivity contribution in [3.8, 4) is 0 Å². The third-order valence-corrected chi connectivity index (χ3v) is 4.76. The summed E-state index contributed by atoms with van der Waals surface area (Å²) in [6, 6.07) is 12.2. The van der Waals surface area contributed by atoms with Gasteiger partial charge in [-0.3, -0.25) is 4.79 Å². The van der Waals surface area contributed by atoms with E-state index in [1.54, 1.807) is 36.4 Å². The number of ether oxygens (including phenoxy) is 1. The van der Waals surface area contributed by atoms with Crippen LogP contribution in [0.25, 0.3) is 0 Å². The van der Waals surface area contributed by atoms with Gasteiger partial charge in [0.2, 0.25) is 0 Å². The predicted molar refractivity (Wildman–Crippen MR) is 83.9 cm³/mol. The van der Waals surface area contributed by atoms with Crippen molar-refractivity contribution in [1.29, 1.82) is 0 Å². The normalized spacial score (nSPS) is 16.1. The van der Waals surface area contributed by atoms with Crippen molar-refractivity contribution in [2.75, 3.05) is 5.75 Å². The Balaban J connectivity index is 2.04. The highest BCUT2D eigenvalue weighted by molar-refractivity contribution is 7.99. The van der Waals surface area contributed by atoms with Crippen molar-refractivity contribution in [3.63, 3.8) is 0 Å². The Morgan fingerprint density at radius 1 is 1.23 bits per heavy atom. The summed E-state index contributed by atoms with van der Waals surface area (Å²) >= 11 is 7.51. The monoisotopic (exact) mass is 334 g/mol. The second-order valence-corrected chi connectivity index (χ2v) is 6.22. The van der Waals surface area contributed by atoms with E-state index in [-0.39, 0.29) is 5.78 Å². The van der Waals surface area contributed by atoms with Crippen LogP contribution in [-0.2, 0) is 4.74 Å². The van der Waals surface area contributed by atoms with Crippen LogP contribution >= 0.6 is 23.4 Å². The van der Waals surface area contributed by atoms with Gasteiger partial charge in [0, 0.05) is 32.4 Å². The summed E-state index contributed by atoms with van der Waals surface area (Å²) in [4.78, 5) is 24.2. The Hall–Kier alpha value is -1.98. The molecule has 1 heterocycles. The molecule has 0 fully saturated rings. The Labute approximate surface area is 136 Å². The van der Waals surface area contributed by atoms with Crippen LogP contribution in [0.3, 0.4) is 0 Å². The molecule has 22 heavy (non-hydrogen) atoms. The van der Waals surface area contributed by atoms with Gasteiger partial charge in [0.1, 0.15) is 6.10 Å². The lowest BCUT2D eigenvalue weighted by Crippen LogP contribution is -2.09. The van der Waals surface area contributed by atoms with Crippen LogP contribution in [0.2, 0.25) is 5.02 Å². The summed E-state index contributed by atoms with van der Waals surface area (Å²) in [5.41, 5.74) is 1.70. The molecule has 0 aromatic heterocycles. The lowest BCUT2D eigenvalue weighted by molar-refractivity contribution is 0.0608. The number of fused-ring (bicyclic) bond motifs is 1. The molecule has 112 valence electrons. The van der Waals surface area contributed by atoms with Gasteiger partial charge in [0.05, 0.1) is 0 Å². The van der Waals surface area contributed by atoms with Crippen molar-refractivity contribution in [2.24, 2.45) is 0 Å². The minimum Gasteiger partial charge on any atom is -0.450 e. The van der Waals surface area contributed by atoms with Crippen LogP contribution in [0.4, 0.5) is 4.79 Å². The molecular formula is C16H11ClO4S. The van der Waals surface area contributed by atoms with Crippen molar-refractivity contribution < 1.29 is 19.4 Å². The molecule has 6 heteroatoms. The number of benzene rings is 2. The largest absolute Gasteiger partial charge is 0.506 e. The number of thioether (sulfide) groups is 1. The first kappa shape index (κ1) is 14.9. The standard InChI is InChI=1S/C16H11ClO4S/c17-10-6-11-13(21-16(19)20)8-22-15(11)12(7-10)14(18)9-4-2-1-3-5-9/h1-7,13H,8H2,(H,19,20). The van der Waals surface area contributed by atoms with Crippen LogP contribution < -0.4 is 0 Å². The fourth-order valence-corrected chi connectivity index (χ4v) is 3.85. The zero-order valence-corrected chi connectivity index (χ0v) is 12.9. The summed E-state index contributed by atoms with van der Waals surface area (Å²) in [5.74, 6) is 0.305. The Morgan fingerprint density at radius 3 is 2.64 bits per heavy atom. The van der Waals surface area contributed by atoms with Gasteiger partial charge >= 0.3 is 6.16 Å². The number of carboxylic acid groups (broad SMARTS) is 1. The molecule has 1 atom stereocenters. The topological polar surface area (TPSA) is 63.6 Å². The van der Waals surface area contributed by atoms with Gasteiger partial charge in [0.25, 0.3) is 0 Å². The highest BCUT2D eigenvalue weighted by atomic mass is 35.5. The van der Waals surface area contributed by atoms with E-state index in [1.807, 2.05) is 6.07 Å². The zero-order chi connectivity index (χ0) is 15.7. The van der Waals surface area contributed by atoms with Crippen LogP contribution in [0.15, 0.2) is 47.4 Å². The van der Waals surface area contributed by atoms with Gasteiger partial charge in [-0.15, -0.1) is 11.8 Å². The molecule has 0 bridgehead atoms. The molecule has 2 aromatic rings. The summed E-state index contributed by atoms with van der Waals surface area (Å²) < 4.78 is 4.86. The third-order valence-electron chi connectivity index (χ3n) is 3.33. The van der Waals surface area contributed by atoms with Gasteiger partial charge in [-0.25, -0.2) is 4.79 Å². The van der Waals surface area contributed by atoms with Gasteiger partial charge < -0.3 is 9.84 Å². The Morgan fingerprint density at radius 2 is 1.95 bits per heavy atom.